The predicted molar refractivity (Wildman–Crippen MR) is 128 cm³/mol. The maximum Gasteiger partial charge on any atom is 0.363 e. The van der Waals surface area contributed by atoms with Gasteiger partial charge in [0.05, 0.1) is 16.6 Å². The predicted octanol–water partition coefficient (Wildman–Crippen LogP) is 6.56. The zero-order valence-corrected chi connectivity index (χ0v) is 19.8. The molecule has 0 aromatic heterocycles. The van der Waals surface area contributed by atoms with Crippen molar-refractivity contribution in [1.29, 1.82) is 0 Å². The number of carbonyl (C=O) groups excluding carboxylic acids is 1. The van der Waals surface area contributed by atoms with Gasteiger partial charge in [0.25, 0.3) is 0 Å². The van der Waals surface area contributed by atoms with Crippen molar-refractivity contribution in [2.45, 2.75) is 13.5 Å². The van der Waals surface area contributed by atoms with Crippen LogP contribution in [0.15, 0.2) is 75.8 Å². The molecular weight excluding hydrogens is 513 g/mol. The van der Waals surface area contributed by atoms with Gasteiger partial charge in [-0.25, -0.2) is 14.2 Å². The maximum atomic E-state index is 14.0. The lowest BCUT2D eigenvalue weighted by Crippen LogP contribution is -2.07. The Morgan fingerprint density at radius 1 is 1.12 bits per heavy atom. The third-order valence-electron chi connectivity index (χ3n) is 4.66. The Morgan fingerprint density at radius 2 is 1.88 bits per heavy atom. The first-order chi connectivity index (χ1) is 15.9. The van der Waals surface area contributed by atoms with Crippen molar-refractivity contribution in [1.82, 2.24) is 0 Å². The number of hydrogen-bond donors (Lipinski definition) is 0. The van der Waals surface area contributed by atoms with Gasteiger partial charge in [-0.2, -0.15) is 0 Å². The summed E-state index contributed by atoms with van der Waals surface area (Å²) in [6.45, 7) is 2.60. The molecule has 0 N–H and O–H groups in total. The summed E-state index contributed by atoms with van der Waals surface area (Å²) in [4.78, 5) is 16.5. The van der Waals surface area contributed by atoms with Crippen LogP contribution in [0.4, 0.5) is 4.39 Å². The van der Waals surface area contributed by atoms with E-state index in [9.17, 15) is 9.18 Å². The number of benzene rings is 3. The molecule has 5 nitrogen and oxygen atoms in total. The van der Waals surface area contributed by atoms with E-state index in [0.717, 1.165) is 5.56 Å². The van der Waals surface area contributed by atoms with Crippen molar-refractivity contribution in [3.63, 3.8) is 0 Å². The lowest BCUT2D eigenvalue weighted by Gasteiger charge is -2.15. The van der Waals surface area contributed by atoms with Crippen LogP contribution in [0, 0.1) is 5.82 Å². The van der Waals surface area contributed by atoms with Crippen LogP contribution < -0.4 is 9.47 Å². The molecule has 1 heterocycles. The van der Waals surface area contributed by atoms with Gasteiger partial charge in [0.2, 0.25) is 5.90 Å². The third-order valence-corrected chi connectivity index (χ3v) is 5.50. The van der Waals surface area contributed by atoms with E-state index < -0.39 is 11.8 Å². The molecule has 0 aliphatic carbocycles. The smallest absolute Gasteiger partial charge is 0.363 e. The lowest BCUT2D eigenvalue weighted by atomic mass is 10.1. The molecule has 0 spiro atoms. The summed E-state index contributed by atoms with van der Waals surface area (Å²) >= 11 is 9.45. The highest BCUT2D eigenvalue weighted by atomic mass is 79.9. The number of aliphatic imine (C=N–C) groups is 1. The van der Waals surface area contributed by atoms with E-state index >= 15 is 0 Å². The van der Waals surface area contributed by atoms with Crippen LogP contribution in [0.1, 0.15) is 23.6 Å². The highest BCUT2D eigenvalue weighted by molar-refractivity contribution is 9.10. The third kappa shape index (κ3) is 5.43. The summed E-state index contributed by atoms with van der Waals surface area (Å²) in [5, 5.41) is 0.651. The molecule has 0 radical (unpaired) electrons. The monoisotopic (exact) mass is 529 g/mol. The normalized spacial score (nSPS) is 14.2. The van der Waals surface area contributed by atoms with Gasteiger partial charge >= 0.3 is 5.97 Å². The van der Waals surface area contributed by atoms with Crippen LogP contribution in [-0.4, -0.2) is 18.5 Å². The van der Waals surface area contributed by atoms with Crippen LogP contribution in [0.2, 0.25) is 5.02 Å². The van der Waals surface area contributed by atoms with Gasteiger partial charge in [0, 0.05) is 5.02 Å². The number of carbonyl (C=O) groups is 1. The van der Waals surface area contributed by atoms with Crippen LogP contribution in [0.5, 0.6) is 11.5 Å². The highest BCUT2D eigenvalue weighted by Gasteiger charge is 2.26. The Kier molecular flexibility index (Phi) is 7.11. The number of hydrogen-bond acceptors (Lipinski definition) is 5. The molecular formula is C25H18BrClFNO4. The van der Waals surface area contributed by atoms with Gasteiger partial charge in [-0.15, -0.1) is 0 Å². The number of halogens is 3. The first kappa shape index (κ1) is 23.0. The van der Waals surface area contributed by atoms with E-state index in [4.69, 9.17) is 25.8 Å². The van der Waals surface area contributed by atoms with E-state index in [1.54, 1.807) is 42.5 Å². The van der Waals surface area contributed by atoms with E-state index in [1.165, 1.54) is 12.1 Å². The van der Waals surface area contributed by atoms with Gasteiger partial charge in [-0.05, 0) is 76.5 Å². The molecule has 0 bridgehead atoms. The van der Waals surface area contributed by atoms with Gasteiger partial charge in [-0.3, -0.25) is 0 Å². The quantitative estimate of drug-likeness (QED) is 0.256. The van der Waals surface area contributed by atoms with Crippen LogP contribution in [0.3, 0.4) is 0 Å². The number of rotatable bonds is 7. The van der Waals surface area contributed by atoms with Crippen LogP contribution >= 0.6 is 27.5 Å². The van der Waals surface area contributed by atoms with E-state index in [2.05, 4.69) is 20.9 Å². The van der Waals surface area contributed by atoms with Crippen molar-refractivity contribution in [2.24, 2.45) is 4.99 Å². The Morgan fingerprint density at radius 3 is 2.61 bits per heavy atom. The Labute approximate surface area is 203 Å². The molecule has 168 valence electrons. The molecule has 33 heavy (non-hydrogen) atoms. The second kappa shape index (κ2) is 10.2. The summed E-state index contributed by atoms with van der Waals surface area (Å²) < 4.78 is 31.6. The molecule has 4 rings (SSSR count). The summed E-state index contributed by atoms with van der Waals surface area (Å²) in [5.74, 6) is -0.230. The van der Waals surface area contributed by atoms with Crippen molar-refractivity contribution < 1.29 is 23.4 Å². The van der Waals surface area contributed by atoms with E-state index in [0.29, 0.717) is 39.8 Å². The fraction of sp³-hybridized carbons (Fsp3) is 0.120. The minimum Gasteiger partial charge on any atom is -0.490 e. The minimum atomic E-state index is -0.662. The average Bonchev–Trinajstić information content (AvgIpc) is 3.15. The number of ether oxygens (including phenoxy) is 3. The zero-order valence-electron chi connectivity index (χ0n) is 17.5. The van der Waals surface area contributed by atoms with Gasteiger partial charge in [-0.1, -0.05) is 35.9 Å². The van der Waals surface area contributed by atoms with Gasteiger partial charge in [0.1, 0.15) is 12.4 Å². The molecule has 0 amide bonds. The summed E-state index contributed by atoms with van der Waals surface area (Å²) in [6.07, 6.45) is 1.55. The molecule has 0 saturated heterocycles. The van der Waals surface area contributed by atoms with Crippen LogP contribution in [0.25, 0.3) is 6.08 Å². The Bertz CT molecular complexity index is 1260. The lowest BCUT2D eigenvalue weighted by molar-refractivity contribution is -0.129. The molecule has 0 unspecified atom stereocenters. The van der Waals surface area contributed by atoms with E-state index in [-0.39, 0.29) is 17.2 Å². The SMILES string of the molecule is CCOc1cc(/C=C2\N=C(c3ccccc3F)OC2=O)cc(Br)c1OCc1ccc(Cl)cc1. The van der Waals surface area contributed by atoms with Crippen molar-refractivity contribution >= 4 is 45.5 Å². The maximum absolute atomic E-state index is 14.0. The summed E-state index contributed by atoms with van der Waals surface area (Å²) in [5.41, 5.74) is 1.76. The molecule has 1 aliphatic heterocycles. The second-order valence-electron chi connectivity index (χ2n) is 6.99. The number of cyclic esters (lactones) is 1. The molecule has 3 aromatic rings. The fourth-order valence-corrected chi connectivity index (χ4v) is 3.83. The molecule has 0 fully saturated rings. The highest BCUT2D eigenvalue weighted by Crippen LogP contribution is 2.38. The number of nitrogens with zero attached hydrogens (tertiary/aromatic N) is 1. The Hall–Kier alpha value is -3.16. The van der Waals surface area contributed by atoms with Crippen molar-refractivity contribution in [3.8, 4) is 11.5 Å². The average molecular weight is 531 g/mol. The molecule has 0 atom stereocenters. The largest absolute Gasteiger partial charge is 0.490 e. The fourth-order valence-electron chi connectivity index (χ4n) is 3.13. The molecule has 8 heteroatoms. The van der Waals surface area contributed by atoms with Crippen LogP contribution in [-0.2, 0) is 16.1 Å². The first-order valence-electron chi connectivity index (χ1n) is 10.1. The minimum absolute atomic E-state index is 0.0532. The molecule has 1 aliphatic rings. The molecule has 3 aromatic carbocycles. The van der Waals surface area contributed by atoms with Gasteiger partial charge < -0.3 is 14.2 Å². The second-order valence-corrected chi connectivity index (χ2v) is 8.28. The molecule has 0 saturated carbocycles. The standard InChI is InChI=1S/C25H18BrClFNO4/c1-2-31-22-13-16(11-19(26)23(22)32-14-15-7-9-17(27)10-8-15)12-21-25(30)33-24(29-21)18-5-3-4-6-20(18)28/h3-13H,2,14H2,1H3/b21-12-. The summed E-state index contributed by atoms with van der Waals surface area (Å²) in [6, 6.07) is 16.8. The van der Waals surface area contributed by atoms with E-state index in [1.807, 2.05) is 19.1 Å². The van der Waals surface area contributed by atoms with Gasteiger partial charge in [0.15, 0.2) is 17.2 Å². The summed E-state index contributed by atoms with van der Waals surface area (Å²) in [7, 11) is 0. The van der Waals surface area contributed by atoms with Crippen molar-refractivity contribution in [3.05, 3.63) is 98.4 Å². The topological polar surface area (TPSA) is 57.1 Å². The zero-order chi connectivity index (χ0) is 23.4. The number of esters is 1. The first-order valence-corrected chi connectivity index (χ1v) is 11.2. The van der Waals surface area contributed by atoms with Crippen molar-refractivity contribution in [2.75, 3.05) is 6.61 Å². The Balaban J connectivity index is 1.61.